The van der Waals surface area contributed by atoms with Crippen molar-refractivity contribution in [2.24, 2.45) is 5.92 Å². The molecule has 1 N–H and O–H groups in total. The van der Waals surface area contributed by atoms with Gasteiger partial charge < -0.3 is 10.0 Å². The number of pyridine rings is 1. The second kappa shape index (κ2) is 6.28. The molecular formula is C18H20N2O2. The number of carbonyl (C=O) groups excluding carboxylic acids is 1. The summed E-state index contributed by atoms with van der Waals surface area (Å²) in [6.07, 6.45) is 4.54. The maximum atomic E-state index is 12.9. The molecule has 1 aliphatic rings. The maximum absolute atomic E-state index is 12.9. The third kappa shape index (κ3) is 2.88. The molecule has 2 heterocycles. The van der Waals surface area contributed by atoms with Crippen molar-refractivity contribution >= 4 is 5.91 Å². The molecule has 1 saturated heterocycles. The highest BCUT2D eigenvalue weighted by molar-refractivity contribution is 5.94. The molecule has 0 bridgehead atoms. The highest BCUT2D eigenvalue weighted by Gasteiger charge is 2.34. The fourth-order valence-electron chi connectivity index (χ4n) is 3.13. The van der Waals surface area contributed by atoms with Crippen LogP contribution in [0.5, 0.6) is 0 Å². The summed E-state index contributed by atoms with van der Waals surface area (Å²) in [7, 11) is 0. The van der Waals surface area contributed by atoms with Gasteiger partial charge in [0.1, 0.15) is 0 Å². The van der Waals surface area contributed by atoms with Crippen molar-refractivity contribution in [1.29, 1.82) is 0 Å². The van der Waals surface area contributed by atoms with Gasteiger partial charge in [0, 0.05) is 24.5 Å². The molecule has 0 saturated carbocycles. The van der Waals surface area contributed by atoms with Crippen molar-refractivity contribution in [1.82, 2.24) is 9.88 Å². The molecule has 4 nitrogen and oxygen atoms in total. The van der Waals surface area contributed by atoms with Gasteiger partial charge >= 0.3 is 0 Å². The molecule has 4 heteroatoms. The summed E-state index contributed by atoms with van der Waals surface area (Å²) in [5.41, 5.74) is 2.48. The molecule has 1 aromatic heterocycles. The van der Waals surface area contributed by atoms with E-state index in [0.717, 1.165) is 24.1 Å². The lowest BCUT2D eigenvalue weighted by Crippen LogP contribution is -2.31. The van der Waals surface area contributed by atoms with Gasteiger partial charge in [-0.25, -0.2) is 0 Å². The van der Waals surface area contributed by atoms with Crippen LogP contribution < -0.4 is 0 Å². The van der Waals surface area contributed by atoms with Crippen LogP contribution in [-0.4, -0.2) is 27.4 Å². The smallest absolute Gasteiger partial charge is 0.254 e. The van der Waals surface area contributed by atoms with Gasteiger partial charge in [-0.15, -0.1) is 0 Å². The quantitative estimate of drug-likeness (QED) is 0.947. The van der Waals surface area contributed by atoms with Crippen molar-refractivity contribution in [2.45, 2.75) is 26.0 Å². The van der Waals surface area contributed by atoms with Crippen LogP contribution in [0.3, 0.4) is 0 Å². The Balaban J connectivity index is 1.89. The second-order valence-corrected chi connectivity index (χ2v) is 5.96. The molecule has 2 unspecified atom stereocenters. The zero-order valence-electron chi connectivity index (χ0n) is 12.6. The number of hydrogen-bond acceptors (Lipinski definition) is 3. The first-order valence-corrected chi connectivity index (χ1v) is 7.59. The fraction of sp³-hybridized carbons (Fsp3) is 0.333. The molecule has 2 atom stereocenters. The number of hydrogen-bond donors (Lipinski definition) is 1. The minimum absolute atomic E-state index is 0.0218. The standard InChI is InChI=1S/C18H20N2O2/c1-13-8-17(16-6-3-7-19-10-16)20(11-13)18(22)15-5-2-4-14(9-15)12-21/h2-7,9-10,13,17,21H,8,11-12H2,1H3. The average molecular weight is 296 g/mol. The van der Waals surface area contributed by atoms with E-state index in [1.165, 1.54) is 0 Å². The van der Waals surface area contributed by atoms with Crippen molar-refractivity contribution < 1.29 is 9.90 Å². The lowest BCUT2D eigenvalue weighted by Gasteiger charge is -2.25. The van der Waals surface area contributed by atoms with Gasteiger partial charge in [0.2, 0.25) is 0 Å². The predicted octanol–water partition coefficient (Wildman–Crippen LogP) is 2.80. The van der Waals surface area contributed by atoms with Gasteiger partial charge in [-0.05, 0) is 41.7 Å². The molecule has 0 radical (unpaired) electrons. The van der Waals surface area contributed by atoms with Gasteiger partial charge in [-0.2, -0.15) is 0 Å². The van der Waals surface area contributed by atoms with Crippen LogP contribution in [0, 0.1) is 5.92 Å². The van der Waals surface area contributed by atoms with E-state index in [4.69, 9.17) is 0 Å². The highest BCUT2D eigenvalue weighted by Crippen LogP contribution is 2.35. The number of nitrogens with zero attached hydrogens (tertiary/aromatic N) is 2. The molecule has 0 spiro atoms. The summed E-state index contributed by atoms with van der Waals surface area (Å²) >= 11 is 0. The zero-order chi connectivity index (χ0) is 15.5. The number of aliphatic hydroxyl groups excluding tert-OH is 1. The maximum Gasteiger partial charge on any atom is 0.254 e. The van der Waals surface area contributed by atoms with Gasteiger partial charge in [0.05, 0.1) is 12.6 Å². The molecule has 0 aliphatic carbocycles. The van der Waals surface area contributed by atoms with Gasteiger partial charge in [0.25, 0.3) is 5.91 Å². The number of aromatic nitrogens is 1. The van der Waals surface area contributed by atoms with E-state index in [0.29, 0.717) is 11.5 Å². The Hall–Kier alpha value is -2.20. The highest BCUT2D eigenvalue weighted by atomic mass is 16.3. The Labute approximate surface area is 130 Å². The van der Waals surface area contributed by atoms with E-state index in [1.807, 2.05) is 41.4 Å². The van der Waals surface area contributed by atoms with Crippen molar-refractivity contribution in [2.75, 3.05) is 6.54 Å². The van der Waals surface area contributed by atoms with Crippen LogP contribution in [0.1, 0.15) is 40.9 Å². The molecule has 114 valence electrons. The number of amides is 1. The Bertz CT molecular complexity index is 657. The molecule has 2 aromatic rings. The van der Waals surface area contributed by atoms with Gasteiger partial charge in [0.15, 0.2) is 0 Å². The molecule has 3 rings (SSSR count). The third-order valence-electron chi connectivity index (χ3n) is 4.20. The topological polar surface area (TPSA) is 53.4 Å². The van der Waals surface area contributed by atoms with E-state index >= 15 is 0 Å². The summed E-state index contributed by atoms with van der Waals surface area (Å²) in [5, 5.41) is 9.25. The van der Waals surface area contributed by atoms with Crippen LogP contribution in [0.2, 0.25) is 0 Å². The van der Waals surface area contributed by atoms with E-state index in [1.54, 1.807) is 12.3 Å². The normalized spacial score (nSPS) is 21.1. The molecule has 1 fully saturated rings. The summed E-state index contributed by atoms with van der Waals surface area (Å²) in [5.74, 6) is 0.490. The minimum atomic E-state index is -0.0520. The Kier molecular flexibility index (Phi) is 4.20. The summed E-state index contributed by atoms with van der Waals surface area (Å²) in [6.45, 7) is 2.87. The fourth-order valence-corrected chi connectivity index (χ4v) is 3.13. The predicted molar refractivity (Wildman–Crippen MR) is 84.2 cm³/mol. The number of aliphatic hydroxyl groups is 1. The van der Waals surface area contributed by atoms with E-state index < -0.39 is 0 Å². The first-order chi connectivity index (χ1) is 10.7. The van der Waals surface area contributed by atoms with Gasteiger partial charge in [-0.1, -0.05) is 25.1 Å². The third-order valence-corrected chi connectivity index (χ3v) is 4.20. The van der Waals surface area contributed by atoms with Crippen molar-refractivity contribution in [3.8, 4) is 0 Å². The SMILES string of the molecule is CC1CC(c2cccnc2)N(C(=O)c2cccc(CO)c2)C1. The Morgan fingerprint density at radius 1 is 1.36 bits per heavy atom. The number of carbonyl (C=O) groups is 1. The number of likely N-dealkylation sites (tertiary alicyclic amines) is 1. The second-order valence-electron chi connectivity index (χ2n) is 5.96. The Morgan fingerprint density at radius 3 is 2.95 bits per heavy atom. The zero-order valence-corrected chi connectivity index (χ0v) is 12.6. The molecule has 1 aliphatic heterocycles. The Morgan fingerprint density at radius 2 is 2.23 bits per heavy atom. The lowest BCUT2D eigenvalue weighted by molar-refractivity contribution is 0.0732. The van der Waals surface area contributed by atoms with Crippen LogP contribution in [0.15, 0.2) is 48.8 Å². The van der Waals surface area contributed by atoms with Crippen LogP contribution >= 0.6 is 0 Å². The number of benzene rings is 1. The molecule has 22 heavy (non-hydrogen) atoms. The molecule has 1 amide bonds. The van der Waals surface area contributed by atoms with E-state index in [-0.39, 0.29) is 18.6 Å². The summed E-state index contributed by atoms with van der Waals surface area (Å²) in [6, 6.07) is 11.2. The largest absolute Gasteiger partial charge is 0.392 e. The average Bonchev–Trinajstić information content (AvgIpc) is 2.97. The van der Waals surface area contributed by atoms with Crippen molar-refractivity contribution in [3.63, 3.8) is 0 Å². The van der Waals surface area contributed by atoms with Gasteiger partial charge in [-0.3, -0.25) is 9.78 Å². The minimum Gasteiger partial charge on any atom is -0.392 e. The molecular weight excluding hydrogens is 276 g/mol. The van der Waals surface area contributed by atoms with Crippen LogP contribution in [-0.2, 0) is 6.61 Å². The summed E-state index contributed by atoms with van der Waals surface area (Å²) < 4.78 is 0. The monoisotopic (exact) mass is 296 g/mol. The van der Waals surface area contributed by atoms with Crippen molar-refractivity contribution in [3.05, 3.63) is 65.5 Å². The first-order valence-electron chi connectivity index (χ1n) is 7.59. The van der Waals surface area contributed by atoms with E-state index in [2.05, 4.69) is 11.9 Å². The number of rotatable bonds is 3. The summed E-state index contributed by atoms with van der Waals surface area (Å²) in [4.78, 5) is 19.0. The lowest BCUT2D eigenvalue weighted by atomic mass is 10.0. The molecule has 1 aromatic carbocycles. The van der Waals surface area contributed by atoms with E-state index in [9.17, 15) is 9.90 Å². The van der Waals surface area contributed by atoms with Crippen LogP contribution in [0.25, 0.3) is 0 Å². The van der Waals surface area contributed by atoms with Crippen LogP contribution in [0.4, 0.5) is 0 Å². The first kappa shape index (κ1) is 14.7.